The third kappa shape index (κ3) is 2.53. The molecule has 0 aliphatic heterocycles. The van der Waals surface area contributed by atoms with Crippen molar-refractivity contribution in [3.8, 4) is 0 Å². The molecule has 2 aliphatic carbocycles. The molecule has 2 aliphatic rings. The van der Waals surface area contributed by atoms with Crippen LogP contribution in [0.15, 0.2) is 17.5 Å². The van der Waals surface area contributed by atoms with Crippen LogP contribution < -0.4 is 0 Å². The number of carbonyl (C=O) groups excluding carboxylic acids is 1. The Morgan fingerprint density at radius 2 is 2.19 bits per heavy atom. The van der Waals surface area contributed by atoms with Gasteiger partial charge in [-0.1, -0.05) is 6.07 Å². The van der Waals surface area contributed by atoms with Gasteiger partial charge in [0, 0.05) is 23.4 Å². The fraction of sp³-hybridized carbons (Fsp3) is 0.615. The van der Waals surface area contributed by atoms with Gasteiger partial charge in [-0.05, 0) is 37.1 Å². The highest BCUT2D eigenvalue weighted by Gasteiger charge is 2.35. The van der Waals surface area contributed by atoms with E-state index in [0.29, 0.717) is 24.3 Å². The van der Waals surface area contributed by atoms with E-state index in [-0.39, 0.29) is 0 Å². The summed E-state index contributed by atoms with van der Waals surface area (Å²) in [5.74, 6) is 0.882. The van der Waals surface area contributed by atoms with Crippen LogP contribution in [0.3, 0.4) is 0 Å². The second kappa shape index (κ2) is 4.30. The summed E-state index contributed by atoms with van der Waals surface area (Å²) in [6.07, 6.45) is 4.83. The first-order chi connectivity index (χ1) is 7.83. The molecule has 1 aromatic rings. The zero-order chi connectivity index (χ0) is 11.0. The molecule has 0 saturated heterocycles. The number of ketones is 1. The van der Waals surface area contributed by atoms with Gasteiger partial charge in [0.05, 0.1) is 6.54 Å². The lowest BCUT2D eigenvalue weighted by atomic mass is 10.2. The molecule has 0 radical (unpaired) electrons. The summed E-state index contributed by atoms with van der Waals surface area (Å²) in [6, 6.07) is 4.94. The number of hydrogen-bond donors (Lipinski definition) is 0. The van der Waals surface area contributed by atoms with Crippen LogP contribution in [0, 0.1) is 5.92 Å². The Labute approximate surface area is 100 Å². The number of thiophene rings is 1. The van der Waals surface area contributed by atoms with Crippen LogP contribution in [0.4, 0.5) is 0 Å². The van der Waals surface area contributed by atoms with Crippen LogP contribution in [0.25, 0.3) is 0 Å². The Morgan fingerprint density at radius 1 is 1.38 bits per heavy atom. The molecule has 2 nitrogen and oxygen atoms in total. The molecule has 16 heavy (non-hydrogen) atoms. The first-order valence-corrected chi connectivity index (χ1v) is 7.00. The van der Waals surface area contributed by atoms with Gasteiger partial charge in [0.1, 0.15) is 5.78 Å². The largest absolute Gasteiger partial charge is 0.298 e. The summed E-state index contributed by atoms with van der Waals surface area (Å²) in [4.78, 5) is 15.6. The number of nitrogens with zero attached hydrogens (tertiary/aromatic N) is 1. The van der Waals surface area contributed by atoms with Crippen molar-refractivity contribution < 1.29 is 4.79 Å². The van der Waals surface area contributed by atoms with Crippen LogP contribution in [-0.4, -0.2) is 23.3 Å². The molecule has 0 N–H and O–H groups in total. The van der Waals surface area contributed by atoms with Crippen LogP contribution in [0.5, 0.6) is 0 Å². The molecule has 0 atom stereocenters. The van der Waals surface area contributed by atoms with Gasteiger partial charge < -0.3 is 0 Å². The molecule has 0 amide bonds. The Morgan fingerprint density at radius 3 is 2.75 bits per heavy atom. The number of Topliss-reactive ketones (excluding diaryl/α,β-unsaturated/α-hetero) is 1. The molecule has 3 rings (SSSR count). The summed E-state index contributed by atoms with van der Waals surface area (Å²) in [5, 5.41) is 2.11. The first-order valence-electron chi connectivity index (χ1n) is 6.12. The average molecular weight is 235 g/mol. The molecule has 86 valence electrons. The van der Waals surface area contributed by atoms with Gasteiger partial charge in [-0.15, -0.1) is 11.3 Å². The van der Waals surface area contributed by atoms with E-state index in [2.05, 4.69) is 22.4 Å². The quantitative estimate of drug-likeness (QED) is 0.755. The van der Waals surface area contributed by atoms with Crippen molar-refractivity contribution in [2.45, 2.75) is 38.3 Å². The van der Waals surface area contributed by atoms with Crippen molar-refractivity contribution in [2.24, 2.45) is 5.92 Å². The molecule has 2 saturated carbocycles. The number of rotatable bonds is 6. The third-order valence-electron chi connectivity index (χ3n) is 3.39. The Kier molecular flexibility index (Phi) is 2.82. The van der Waals surface area contributed by atoms with Crippen molar-refractivity contribution >= 4 is 17.1 Å². The minimum absolute atomic E-state index is 0.407. The third-order valence-corrected chi connectivity index (χ3v) is 4.26. The van der Waals surface area contributed by atoms with Gasteiger partial charge in [-0.2, -0.15) is 0 Å². The molecule has 0 bridgehead atoms. The standard InChI is InChI=1S/C13H17NOS/c15-13(10-3-4-10)9-14(11-5-6-11)8-12-2-1-7-16-12/h1-2,7,10-11H,3-6,8-9H2. The Balaban J connectivity index is 1.59. The summed E-state index contributed by atoms with van der Waals surface area (Å²) in [7, 11) is 0. The van der Waals surface area contributed by atoms with Crippen LogP contribution in [0.2, 0.25) is 0 Å². The maximum atomic E-state index is 11.8. The van der Waals surface area contributed by atoms with E-state index in [1.807, 2.05) is 0 Å². The summed E-state index contributed by atoms with van der Waals surface area (Å²) in [6.45, 7) is 1.66. The number of hydrogen-bond acceptors (Lipinski definition) is 3. The Bertz CT molecular complexity index is 365. The molecule has 0 unspecified atom stereocenters. The molecule has 0 spiro atoms. The second-order valence-electron chi connectivity index (χ2n) is 4.96. The molecular weight excluding hydrogens is 218 g/mol. The maximum Gasteiger partial charge on any atom is 0.149 e. The Hall–Kier alpha value is -0.670. The molecule has 2 fully saturated rings. The van der Waals surface area contributed by atoms with Crippen molar-refractivity contribution in [3.63, 3.8) is 0 Å². The predicted molar refractivity (Wildman–Crippen MR) is 65.5 cm³/mol. The zero-order valence-electron chi connectivity index (χ0n) is 9.39. The minimum Gasteiger partial charge on any atom is -0.298 e. The predicted octanol–water partition coefficient (Wildman–Crippen LogP) is 2.69. The molecule has 1 heterocycles. The fourth-order valence-electron chi connectivity index (χ4n) is 2.09. The molecular formula is C13H17NOS. The topological polar surface area (TPSA) is 20.3 Å². The highest BCUT2D eigenvalue weighted by atomic mass is 32.1. The SMILES string of the molecule is O=C(CN(Cc1cccs1)C1CC1)C1CC1. The van der Waals surface area contributed by atoms with E-state index >= 15 is 0 Å². The van der Waals surface area contributed by atoms with Gasteiger partial charge in [-0.3, -0.25) is 9.69 Å². The lowest BCUT2D eigenvalue weighted by Crippen LogP contribution is -2.31. The molecule has 0 aromatic carbocycles. The van der Waals surface area contributed by atoms with Gasteiger partial charge in [0.2, 0.25) is 0 Å². The van der Waals surface area contributed by atoms with E-state index in [4.69, 9.17) is 0 Å². The van der Waals surface area contributed by atoms with Gasteiger partial charge in [-0.25, -0.2) is 0 Å². The highest BCUT2D eigenvalue weighted by molar-refractivity contribution is 7.09. The summed E-state index contributed by atoms with van der Waals surface area (Å²) >= 11 is 1.79. The van der Waals surface area contributed by atoms with Gasteiger partial charge >= 0.3 is 0 Å². The normalized spacial score (nSPS) is 20.3. The monoisotopic (exact) mass is 235 g/mol. The smallest absolute Gasteiger partial charge is 0.149 e. The van der Waals surface area contributed by atoms with Crippen molar-refractivity contribution in [1.82, 2.24) is 4.90 Å². The summed E-state index contributed by atoms with van der Waals surface area (Å²) < 4.78 is 0. The fourth-order valence-corrected chi connectivity index (χ4v) is 2.82. The van der Waals surface area contributed by atoms with Crippen LogP contribution >= 0.6 is 11.3 Å². The van der Waals surface area contributed by atoms with Crippen LogP contribution in [-0.2, 0) is 11.3 Å². The van der Waals surface area contributed by atoms with Crippen molar-refractivity contribution in [3.05, 3.63) is 22.4 Å². The molecule has 3 heteroatoms. The zero-order valence-corrected chi connectivity index (χ0v) is 10.2. The van der Waals surface area contributed by atoms with E-state index in [1.54, 1.807) is 11.3 Å². The maximum absolute atomic E-state index is 11.8. The lowest BCUT2D eigenvalue weighted by molar-refractivity contribution is -0.121. The highest BCUT2D eigenvalue weighted by Crippen LogP contribution is 2.33. The average Bonchev–Trinajstić information content (AvgIpc) is 3.17. The van der Waals surface area contributed by atoms with Gasteiger partial charge in [0.15, 0.2) is 0 Å². The molecule has 1 aromatic heterocycles. The minimum atomic E-state index is 0.407. The number of carbonyl (C=O) groups is 1. The van der Waals surface area contributed by atoms with E-state index < -0.39 is 0 Å². The van der Waals surface area contributed by atoms with Crippen LogP contribution in [0.1, 0.15) is 30.6 Å². The lowest BCUT2D eigenvalue weighted by Gasteiger charge is -2.20. The first kappa shape index (κ1) is 10.5. The second-order valence-corrected chi connectivity index (χ2v) is 5.99. The van der Waals surface area contributed by atoms with E-state index in [9.17, 15) is 4.79 Å². The van der Waals surface area contributed by atoms with E-state index in [0.717, 1.165) is 19.4 Å². The van der Waals surface area contributed by atoms with E-state index in [1.165, 1.54) is 17.7 Å². The van der Waals surface area contributed by atoms with Crippen molar-refractivity contribution in [2.75, 3.05) is 6.54 Å². The van der Waals surface area contributed by atoms with Crippen molar-refractivity contribution in [1.29, 1.82) is 0 Å². The summed E-state index contributed by atoms with van der Waals surface area (Å²) in [5.41, 5.74) is 0. The van der Waals surface area contributed by atoms with Gasteiger partial charge in [0.25, 0.3) is 0 Å².